The van der Waals surface area contributed by atoms with Crippen LogP contribution in [0.25, 0.3) is 0 Å². The molecule has 1 aromatic rings. The molecule has 1 aromatic heterocycles. The van der Waals surface area contributed by atoms with E-state index in [0.717, 1.165) is 25.9 Å². The molecule has 0 amide bonds. The Labute approximate surface area is 107 Å². The van der Waals surface area contributed by atoms with Crippen molar-refractivity contribution in [3.05, 3.63) is 22.4 Å². The van der Waals surface area contributed by atoms with Crippen LogP contribution >= 0.6 is 23.6 Å². The first kappa shape index (κ1) is 13.6. The van der Waals surface area contributed by atoms with Gasteiger partial charge in [-0.3, -0.25) is 4.90 Å². The Morgan fingerprint density at radius 2 is 2.06 bits per heavy atom. The number of rotatable bonds is 7. The van der Waals surface area contributed by atoms with Crippen molar-refractivity contribution in [2.24, 2.45) is 5.73 Å². The van der Waals surface area contributed by atoms with E-state index in [4.69, 9.17) is 18.0 Å². The van der Waals surface area contributed by atoms with Crippen molar-refractivity contribution in [2.75, 3.05) is 13.1 Å². The number of hydrogen-bond acceptors (Lipinski definition) is 3. The van der Waals surface area contributed by atoms with Crippen LogP contribution in [-0.4, -0.2) is 23.0 Å². The molecule has 2 nitrogen and oxygen atoms in total. The maximum absolute atomic E-state index is 5.88. The Bertz CT molecular complexity index is 303. The molecule has 90 valence electrons. The molecule has 1 atom stereocenters. The van der Waals surface area contributed by atoms with Crippen LogP contribution in [-0.2, 0) is 0 Å². The summed E-state index contributed by atoms with van der Waals surface area (Å²) >= 11 is 6.91. The smallest absolute Gasteiger partial charge is 0.0948 e. The summed E-state index contributed by atoms with van der Waals surface area (Å²) in [6.07, 6.45) is 2.26. The highest BCUT2D eigenvalue weighted by Gasteiger charge is 2.21. The van der Waals surface area contributed by atoms with Gasteiger partial charge in [0.25, 0.3) is 0 Å². The first-order chi connectivity index (χ1) is 7.70. The summed E-state index contributed by atoms with van der Waals surface area (Å²) in [6.45, 7) is 6.47. The van der Waals surface area contributed by atoms with Gasteiger partial charge in [0.1, 0.15) is 0 Å². The Morgan fingerprint density at radius 3 is 2.44 bits per heavy atom. The van der Waals surface area contributed by atoms with Crippen molar-refractivity contribution in [3.63, 3.8) is 0 Å². The van der Waals surface area contributed by atoms with Gasteiger partial charge in [0.05, 0.1) is 11.0 Å². The first-order valence-electron chi connectivity index (χ1n) is 5.76. The number of thiocarbonyl (C=S) groups is 1. The quantitative estimate of drug-likeness (QED) is 0.760. The zero-order chi connectivity index (χ0) is 12.0. The lowest BCUT2D eigenvalue weighted by molar-refractivity contribution is 0.245. The third-order valence-electron chi connectivity index (χ3n) is 2.52. The maximum atomic E-state index is 5.88. The molecule has 0 bridgehead atoms. The highest BCUT2D eigenvalue weighted by molar-refractivity contribution is 7.80. The van der Waals surface area contributed by atoms with Crippen molar-refractivity contribution in [1.82, 2.24) is 4.90 Å². The molecule has 0 aliphatic heterocycles. The second-order valence-corrected chi connectivity index (χ2v) is 5.15. The fourth-order valence-electron chi connectivity index (χ4n) is 1.93. The van der Waals surface area contributed by atoms with Gasteiger partial charge in [-0.2, -0.15) is 11.3 Å². The minimum atomic E-state index is 0.112. The van der Waals surface area contributed by atoms with E-state index < -0.39 is 0 Å². The van der Waals surface area contributed by atoms with Crippen LogP contribution in [0.5, 0.6) is 0 Å². The van der Waals surface area contributed by atoms with Crippen LogP contribution in [0.15, 0.2) is 16.8 Å². The lowest BCUT2D eigenvalue weighted by Gasteiger charge is -2.30. The van der Waals surface area contributed by atoms with E-state index in [0.29, 0.717) is 4.99 Å². The van der Waals surface area contributed by atoms with Crippen molar-refractivity contribution >= 4 is 28.5 Å². The van der Waals surface area contributed by atoms with Gasteiger partial charge in [-0.1, -0.05) is 26.1 Å². The molecule has 0 saturated heterocycles. The standard InChI is InChI=1S/C12H20N2S2/c1-3-6-14(7-4-2)11(12(13)15)10-5-8-16-9-10/h5,8-9,11H,3-4,6-7H2,1-2H3,(H2,13,15). The SMILES string of the molecule is CCCN(CCC)C(C(N)=S)c1ccsc1. The molecule has 2 N–H and O–H groups in total. The van der Waals surface area contributed by atoms with Gasteiger partial charge in [-0.15, -0.1) is 0 Å². The summed E-state index contributed by atoms with van der Waals surface area (Å²) in [5.41, 5.74) is 7.12. The van der Waals surface area contributed by atoms with Crippen LogP contribution in [0.2, 0.25) is 0 Å². The fourth-order valence-corrected chi connectivity index (χ4v) is 2.89. The summed E-state index contributed by atoms with van der Waals surface area (Å²) < 4.78 is 0. The molecule has 16 heavy (non-hydrogen) atoms. The molecule has 0 aliphatic carbocycles. The molecule has 0 radical (unpaired) electrons. The number of nitrogens with zero attached hydrogens (tertiary/aromatic N) is 1. The predicted octanol–water partition coefficient (Wildman–Crippen LogP) is 3.20. The fraction of sp³-hybridized carbons (Fsp3) is 0.583. The number of thiophene rings is 1. The van der Waals surface area contributed by atoms with Gasteiger partial charge in [0, 0.05) is 0 Å². The van der Waals surface area contributed by atoms with Gasteiger partial charge in [-0.25, -0.2) is 0 Å². The molecule has 1 unspecified atom stereocenters. The molecule has 0 aliphatic rings. The topological polar surface area (TPSA) is 29.3 Å². The van der Waals surface area contributed by atoms with Crippen LogP contribution in [0.1, 0.15) is 38.3 Å². The van der Waals surface area contributed by atoms with Gasteiger partial charge in [0.2, 0.25) is 0 Å². The zero-order valence-electron chi connectivity index (χ0n) is 9.98. The molecule has 0 fully saturated rings. The summed E-state index contributed by atoms with van der Waals surface area (Å²) in [7, 11) is 0. The molecule has 1 heterocycles. The number of hydrogen-bond donors (Lipinski definition) is 1. The average molecular weight is 256 g/mol. The highest BCUT2D eigenvalue weighted by Crippen LogP contribution is 2.24. The molecule has 0 spiro atoms. The van der Waals surface area contributed by atoms with Crippen molar-refractivity contribution in [3.8, 4) is 0 Å². The Hall–Kier alpha value is -0.450. The second-order valence-electron chi connectivity index (χ2n) is 3.90. The minimum absolute atomic E-state index is 0.112. The van der Waals surface area contributed by atoms with E-state index in [-0.39, 0.29) is 6.04 Å². The third kappa shape index (κ3) is 3.54. The summed E-state index contributed by atoms with van der Waals surface area (Å²) in [4.78, 5) is 2.96. The van der Waals surface area contributed by atoms with E-state index in [9.17, 15) is 0 Å². The van der Waals surface area contributed by atoms with Crippen LogP contribution in [0.4, 0.5) is 0 Å². The lowest BCUT2D eigenvalue weighted by atomic mass is 10.1. The summed E-state index contributed by atoms with van der Waals surface area (Å²) in [5, 5.41) is 4.22. The van der Waals surface area contributed by atoms with Crippen molar-refractivity contribution in [1.29, 1.82) is 0 Å². The Balaban J connectivity index is 2.85. The van der Waals surface area contributed by atoms with E-state index in [1.807, 2.05) is 0 Å². The average Bonchev–Trinajstić information content (AvgIpc) is 2.71. The van der Waals surface area contributed by atoms with Crippen LogP contribution in [0, 0.1) is 0 Å². The van der Waals surface area contributed by atoms with Crippen molar-refractivity contribution < 1.29 is 0 Å². The van der Waals surface area contributed by atoms with E-state index in [1.54, 1.807) is 11.3 Å². The third-order valence-corrected chi connectivity index (χ3v) is 3.44. The molecule has 4 heteroatoms. The Morgan fingerprint density at radius 1 is 1.44 bits per heavy atom. The van der Waals surface area contributed by atoms with Gasteiger partial charge < -0.3 is 5.73 Å². The van der Waals surface area contributed by atoms with Crippen molar-refractivity contribution in [2.45, 2.75) is 32.7 Å². The summed E-state index contributed by atoms with van der Waals surface area (Å²) in [5.74, 6) is 0. The van der Waals surface area contributed by atoms with Gasteiger partial charge in [-0.05, 0) is 48.3 Å². The van der Waals surface area contributed by atoms with Gasteiger partial charge in [0.15, 0.2) is 0 Å². The normalized spacial score (nSPS) is 12.9. The van der Waals surface area contributed by atoms with Crippen LogP contribution < -0.4 is 5.73 Å². The maximum Gasteiger partial charge on any atom is 0.0948 e. The van der Waals surface area contributed by atoms with E-state index in [1.165, 1.54) is 5.56 Å². The molecule has 0 saturated carbocycles. The molecule has 1 rings (SSSR count). The molecular formula is C12H20N2S2. The molecule has 0 aromatic carbocycles. The monoisotopic (exact) mass is 256 g/mol. The van der Waals surface area contributed by atoms with E-state index >= 15 is 0 Å². The minimum Gasteiger partial charge on any atom is -0.392 e. The largest absolute Gasteiger partial charge is 0.392 e. The van der Waals surface area contributed by atoms with Crippen LogP contribution in [0.3, 0.4) is 0 Å². The first-order valence-corrected chi connectivity index (χ1v) is 7.11. The zero-order valence-corrected chi connectivity index (χ0v) is 11.6. The number of nitrogens with two attached hydrogens (primary N) is 1. The highest BCUT2D eigenvalue weighted by atomic mass is 32.1. The lowest BCUT2D eigenvalue weighted by Crippen LogP contribution is -2.37. The van der Waals surface area contributed by atoms with E-state index in [2.05, 4.69) is 35.6 Å². The second kappa shape index (κ2) is 6.99. The summed E-state index contributed by atoms with van der Waals surface area (Å²) in [6, 6.07) is 2.23. The molecular weight excluding hydrogens is 236 g/mol. The van der Waals surface area contributed by atoms with Gasteiger partial charge >= 0.3 is 0 Å². The predicted molar refractivity (Wildman–Crippen MR) is 76.0 cm³/mol. The Kier molecular flexibility index (Phi) is 5.95.